The number of benzene rings is 1. The fourth-order valence-corrected chi connectivity index (χ4v) is 1.95. The molecule has 0 amide bonds. The van der Waals surface area contributed by atoms with Gasteiger partial charge in [0.25, 0.3) is 0 Å². The van der Waals surface area contributed by atoms with E-state index in [4.69, 9.17) is 21.1 Å². The van der Waals surface area contributed by atoms with Gasteiger partial charge in [0, 0.05) is 6.54 Å². The average Bonchev–Trinajstić information content (AvgIpc) is 2.41. The molecule has 0 bridgehead atoms. The normalized spacial score (nSPS) is 10.9. The van der Waals surface area contributed by atoms with Gasteiger partial charge in [-0.1, -0.05) is 30.7 Å². The third kappa shape index (κ3) is 5.13. The first-order valence-corrected chi connectivity index (χ1v) is 6.98. The second kappa shape index (κ2) is 8.83. The summed E-state index contributed by atoms with van der Waals surface area (Å²) in [5.41, 5.74) is 1.00. The van der Waals surface area contributed by atoms with E-state index in [0.29, 0.717) is 23.1 Å². The first-order valence-electron chi connectivity index (χ1n) is 6.60. The van der Waals surface area contributed by atoms with Crippen LogP contribution in [-0.4, -0.2) is 26.8 Å². The summed E-state index contributed by atoms with van der Waals surface area (Å²) in [4.78, 5) is 0. The number of nitrogens with one attached hydrogen (secondary N) is 1. The molecule has 3 nitrogen and oxygen atoms in total. The molecule has 0 saturated carbocycles. The Morgan fingerprint density at radius 1 is 1.32 bits per heavy atom. The highest BCUT2D eigenvalue weighted by Crippen LogP contribution is 2.36. The van der Waals surface area contributed by atoms with E-state index in [0.717, 1.165) is 25.1 Å². The standard InChI is InChI=1S/C15H22ClNO2/c1-4-8-17-9-6-7-12-10-13(16)15(19-5-2)14(11-12)18-3/h6-7,10-11,17H,4-5,8-9H2,1-3H3. The molecular formula is C15H22ClNO2. The summed E-state index contributed by atoms with van der Waals surface area (Å²) in [5.74, 6) is 1.27. The van der Waals surface area contributed by atoms with Crippen LogP contribution in [0.5, 0.6) is 11.5 Å². The van der Waals surface area contributed by atoms with Gasteiger partial charge in [0.05, 0.1) is 18.7 Å². The molecule has 1 rings (SSSR count). The minimum atomic E-state index is 0.562. The van der Waals surface area contributed by atoms with Crippen molar-refractivity contribution in [2.75, 3.05) is 26.8 Å². The molecule has 4 heteroatoms. The molecule has 1 N–H and O–H groups in total. The Labute approximate surface area is 120 Å². The number of hydrogen-bond acceptors (Lipinski definition) is 3. The van der Waals surface area contributed by atoms with Crippen LogP contribution in [0.25, 0.3) is 6.08 Å². The molecular weight excluding hydrogens is 262 g/mol. The fraction of sp³-hybridized carbons (Fsp3) is 0.467. The average molecular weight is 284 g/mol. The van der Waals surface area contributed by atoms with Crippen LogP contribution in [0.2, 0.25) is 5.02 Å². The Morgan fingerprint density at radius 2 is 2.11 bits per heavy atom. The lowest BCUT2D eigenvalue weighted by Gasteiger charge is -2.11. The van der Waals surface area contributed by atoms with Gasteiger partial charge in [0.2, 0.25) is 0 Å². The molecule has 0 spiro atoms. The summed E-state index contributed by atoms with van der Waals surface area (Å²) >= 11 is 6.20. The molecule has 1 aromatic rings. The molecule has 0 fully saturated rings. The highest BCUT2D eigenvalue weighted by Gasteiger charge is 2.10. The van der Waals surface area contributed by atoms with Crippen LogP contribution in [0.4, 0.5) is 0 Å². The maximum atomic E-state index is 6.20. The van der Waals surface area contributed by atoms with Crippen LogP contribution < -0.4 is 14.8 Å². The van der Waals surface area contributed by atoms with Gasteiger partial charge in [-0.2, -0.15) is 0 Å². The lowest BCUT2D eigenvalue weighted by Crippen LogP contribution is -2.13. The Hall–Kier alpha value is -1.19. The van der Waals surface area contributed by atoms with Gasteiger partial charge in [-0.3, -0.25) is 0 Å². The van der Waals surface area contributed by atoms with E-state index in [-0.39, 0.29) is 0 Å². The summed E-state index contributed by atoms with van der Waals surface area (Å²) < 4.78 is 10.8. The van der Waals surface area contributed by atoms with Crippen molar-refractivity contribution in [3.05, 3.63) is 28.8 Å². The van der Waals surface area contributed by atoms with Gasteiger partial charge in [-0.25, -0.2) is 0 Å². The Balaban J connectivity index is 2.77. The summed E-state index contributed by atoms with van der Waals surface area (Å²) in [6.45, 7) is 6.50. The van der Waals surface area contributed by atoms with Gasteiger partial charge < -0.3 is 14.8 Å². The van der Waals surface area contributed by atoms with Crippen molar-refractivity contribution in [1.82, 2.24) is 5.32 Å². The molecule has 0 radical (unpaired) electrons. The van der Waals surface area contributed by atoms with Crippen LogP contribution in [0.1, 0.15) is 25.8 Å². The zero-order valence-electron chi connectivity index (χ0n) is 11.8. The lowest BCUT2D eigenvalue weighted by molar-refractivity contribution is 0.311. The molecule has 0 heterocycles. The maximum absolute atomic E-state index is 6.20. The van der Waals surface area contributed by atoms with Gasteiger partial charge in [0.15, 0.2) is 11.5 Å². The monoisotopic (exact) mass is 283 g/mol. The molecule has 0 aliphatic rings. The Morgan fingerprint density at radius 3 is 2.74 bits per heavy atom. The van der Waals surface area contributed by atoms with Crippen LogP contribution in [0.15, 0.2) is 18.2 Å². The summed E-state index contributed by atoms with van der Waals surface area (Å²) in [6.07, 6.45) is 5.23. The number of methoxy groups -OCH3 is 1. The van der Waals surface area contributed by atoms with Crippen molar-refractivity contribution < 1.29 is 9.47 Å². The minimum Gasteiger partial charge on any atom is -0.493 e. The predicted molar refractivity (Wildman–Crippen MR) is 81.4 cm³/mol. The molecule has 19 heavy (non-hydrogen) atoms. The van der Waals surface area contributed by atoms with Crippen molar-refractivity contribution in [2.24, 2.45) is 0 Å². The van der Waals surface area contributed by atoms with Crippen LogP contribution in [0, 0.1) is 0 Å². The highest BCUT2D eigenvalue weighted by molar-refractivity contribution is 6.32. The van der Waals surface area contributed by atoms with Crippen molar-refractivity contribution in [3.8, 4) is 11.5 Å². The second-order valence-corrected chi connectivity index (χ2v) is 4.48. The summed E-state index contributed by atoms with van der Waals surface area (Å²) in [5, 5.41) is 3.88. The third-order valence-corrected chi connectivity index (χ3v) is 2.82. The Bertz CT molecular complexity index is 419. The summed E-state index contributed by atoms with van der Waals surface area (Å²) in [6, 6.07) is 3.80. The van der Waals surface area contributed by atoms with Crippen LogP contribution >= 0.6 is 11.6 Å². The quantitative estimate of drug-likeness (QED) is 0.737. The topological polar surface area (TPSA) is 30.5 Å². The first-order chi connectivity index (χ1) is 9.22. The van der Waals surface area contributed by atoms with Crippen molar-refractivity contribution >= 4 is 17.7 Å². The zero-order valence-corrected chi connectivity index (χ0v) is 12.6. The number of hydrogen-bond donors (Lipinski definition) is 1. The summed E-state index contributed by atoms with van der Waals surface area (Å²) in [7, 11) is 1.62. The third-order valence-electron chi connectivity index (χ3n) is 2.54. The van der Waals surface area contributed by atoms with Crippen LogP contribution in [0.3, 0.4) is 0 Å². The minimum absolute atomic E-state index is 0.562. The first kappa shape index (κ1) is 15.9. The van der Waals surface area contributed by atoms with Gasteiger partial charge in [-0.15, -0.1) is 0 Å². The highest BCUT2D eigenvalue weighted by atomic mass is 35.5. The molecule has 0 aliphatic carbocycles. The Kier molecular flexibility index (Phi) is 7.38. The van der Waals surface area contributed by atoms with Gasteiger partial charge >= 0.3 is 0 Å². The van der Waals surface area contributed by atoms with E-state index in [1.54, 1.807) is 7.11 Å². The van der Waals surface area contributed by atoms with E-state index >= 15 is 0 Å². The molecule has 0 atom stereocenters. The lowest BCUT2D eigenvalue weighted by atomic mass is 10.2. The van der Waals surface area contributed by atoms with Crippen molar-refractivity contribution in [2.45, 2.75) is 20.3 Å². The number of halogens is 1. The molecule has 0 unspecified atom stereocenters. The molecule has 0 aliphatic heterocycles. The van der Waals surface area contributed by atoms with Crippen LogP contribution in [-0.2, 0) is 0 Å². The van der Waals surface area contributed by atoms with E-state index in [2.05, 4.69) is 18.3 Å². The maximum Gasteiger partial charge on any atom is 0.179 e. The van der Waals surface area contributed by atoms with E-state index < -0.39 is 0 Å². The molecule has 0 aromatic heterocycles. The van der Waals surface area contributed by atoms with Gasteiger partial charge in [-0.05, 0) is 37.6 Å². The van der Waals surface area contributed by atoms with Crippen molar-refractivity contribution in [1.29, 1.82) is 0 Å². The second-order valence-electron chi connectivity index (χ2n) is 4.07. The molecule has 0 saturated heterocycles. The smallest absolute Gasteiger partial charge is 0.179 e. The number of ether oxygens (including phenoxy) is 2. The largest absolute Gasteiger partial charge is 0.493 e. The van der Waals surface area contributed by atoms with E-state index in [1.165, 1.54) is 0 Å². The zero-order chi connectivity index (χ0) is 14.1. The van der Waals surface area contributed by atoms with Crippen molar-refractivity contribution in [3.63, 3.8) is 0 Å². The predicted octanol–water partition coefficient (Wildman–Crippen LogP) is 3.76. The molecule has 106 valence electrons. The van der Waals surface area contributed by atoms with Gasteiger partial charge in [0.1, 0.15) is 0 Å². The molecule has 1 aromatic carbocycles. The van der Waals surface area contributed by atoms with E-state index in [9.17, 15) is 0 Å². The van der Waals surface area contributed by atoms with E-state index in [1.807, 2.05) is 25.1 Å². The SMILES string of the molecule is CCCNCC=Cc1cc(Cl)c(OCC)c(OC)c1. The fourth-order valence-electron chi connectivity index (χ4n) is 1.68. The number of rotatable bonds is 8.